The van der Waals surface area contributed by atoms with Gasteiger partial charge in [0.1, 0.15) is 11.5 Å². The lowest BCUT2D eigenvalue weighted by Gasteiger charge is -2.11. The zero-order chi connectivity index (χ0) is 15.2. The van der Waals surface area contributed by atoms with Gasteiger partial charge in [-0.05, 0) is 35.9 Å². The standard InChI is InChI=1S/C15H15ClN2O3/c1-20-9-10-3-2-4-12(7-10)21-14-6-5-11(16)8-13(14)15(17)18-19/h2-8,19H,9H2,1H3,(H2,17,18). The van der Waals surface area contributed by atoms with Crippen molar-refractivity contribution in [1.82, 2.24) is 0 Å². The largest absolute Gasteiger partial charge is 0.457 e. The molecule has 0 aromatic heterocycles. The fourth-order valence-corrected chi connectivity index (χ4v) is 2.01. The van der Waals surface area contributed by atoms with E-state index in [1.54, 1.807) is 25.3 Å². The summed E-state index contributed by atoms with van der Waals surface area (Å²) in [7, 11) is 1.63. The van der Waals surface area contributed by atoms with E-state index in [9.17, 15) is 0 Å². The van der Waals surface area contributed by atoms with Gasteiger partial charge in [0, 0.05) is 12.1 Å². The van der Waals surface area contributed by atoms with Crippen molar-refractivity contribution in [3.05, 3.63) is 58.6 Å². The van der Waals surface area contributed by atoms with E-state index in [1.165, 1.54) is 0 Å². The molecule has 110 valence electrons. The molecule has 2 aromatic rings. The van der Waals surface area contributed by atoms with Crippen LogP contribution in [0.5, 0.6) is 11.5 Å². The fraction of sp³-hybridized carbons (Fsp3) is 0.133. The van der Waals surface area contributed by atoms with E-state index in [1.807, 2.05) is 24.3 Å². The highest BCUT2D eigenvalue weighted by Gasteiger charge is 2.10. The van der Waals surface area contributed by atoms with E-state index < -0.39 is 0 Å². The van der Waals surface area contributed by atoms with Crippen LogP contribution in [0.2, 0.25) is 5.02 Å². The molecule has 0 saturated carbocycles. The van der Waals surface area contributed by atoms with Gasteiger partial charge < -0.3 is 20.4 Å². The van der Waals surface area contributed by atoms with Crippen molar-refractivity contribution < 1.29 is 14.7 Å². The van der Waals surface area contributed by atoms with Crippen LogP contribution < -0.4 is 10.5 Å². The predicted octanol–water partition coefficient (Wildman–Crippen LogP) is 3.37. The molecule has 0 amide bonds. The normalized spacial score (nSPS) is 11.4. The number of amidine groups is 1. The number of oxime groups is 1. The Kier molecular flexibility index (Phi) is 5.03. The molecule has 0 aliphatic carbocycles. The Labute approximate surface area is 127 Å². The van der Waals surface area contributed by atoms with Crippen LogP contribution in [0, 0.1) is 0 Å². The van der Waals surface area contributed by atoms with Crippen molar-refractivity contribution in [3.8, 4) is 11.5 Å². The zero-order valence-corrected chi connectivity index (χ0v) is 12.2. The Bertz CT molecular complexity index is 659. The Morgan fingerprint density at radius 1 is 1.29 bits per heavy atom. The van der Waals surface area contributed by atoms with E-state index >= 15 is 0 Å². The molecule has 0 heterocycles. The first kappa shape index (κ1) is 15.2. The van der Waals surface area contributed by atoms with Crippen molar-refractivity contribution in [2.45, 2.75) is 6.61 Å². The van der Waals surface area contributed by atoms with Crippen LogP contribution in [0.4, 0.5) is 0 Å². The van der Waals surface area contributed by atoms with E-state index in [0.29, 0.717) is 28.7 Å². The molecule has 0 fully saturated rings. The minimum Gasteiger partial charge on any atom is -0.457 e. The molecule has 3 N–H and O–H groups in total. The second-order valence-electron chi connectivity index (χ2n) is 4.31. The molecule has 0 aliphatic heterocycles. The van der Waals surface area contributed by atoms with Crippen molar-refractivity contribution in [2.24, 2.45) is 10.9 Å². The van der Waals surface area contributed by atoms with Crippen LogP contribution in [0.25, 0.3) is 0 Å². The number of hydrogen-bond acceptors (Lipinski definition) is 4. The molecule has 0 atom stereocenters. The van der Waals surface area contributed by atoms with Gasteiger partial charge in [0.2, 0.25) is 0 Å². The molecule has 2 aromatic carbocycles. The lowest BCUT2D eigenvalue weighted by molar-refractivity contribution is 0.184. The second kappa shape index (κ2) is 6.97. The summed E-state index contributed by atoms with van der Waals surface area (Å²) in [5, 5.41) is 12.3. The fourth-order valence-electron chi connectivity index (χ4n) is 1.84. The summed E-state index contributed by atoms with van der Waals surface area (Å²) in [5.41, 5.74) is 7.04. The monoisotopic (exact) mass is 306 g/mol. The summed E-state index contributed by atoms with van der Waals surface area (Å²) >= 11 is 5.92. The van der Waals surface area contributed by atoms with Crippen molar-refractivity contribution in [2.75, 3.05) is 7.11 Å². The number of benzene rings is 2. The number of methoxy groups -OCH3 is 1. The first-order chi connectivity index (χ1) is 10.1. The van der Waals surface area contributed by atoms with Gasteiger partial charge in [-0.1, -0.05) is 28.9 Å². The quantitative estimate of drug-likeness (QED) is 0.384. The van der Waals surface area contributed by atoms with E-state index in [4.69, 9.17) is 32.0 Å². The summed E-state index contributed by atoms with van der Waals surface area (Å²) in [4.78, 5) is 0. The Hall–Kier alpha value is -2.24. The number of halogens is 1. The number of nitrogens with two attached hydrogens (primary N) is 1. The lowest BCUT2D eigenvalue weighted by atomic mass is 10.2. The Balaban J connectivity index is 2.33. The molecule has 0 radical (unpaired) electrons. The summed E-state index contributed by atoms with van der Waals surface area (Å²) in [6, 6.07) is 12.4. The number of ether oxygens (including phenoxy) is 2. The van der Waals surface area contributed by atoms with Gasteiger partial charge in [-0.25, -0.2) is 0 Å². The van der Waals surface area contributed by atoms with Crippen LogP contribution in [0.1, 0.15) is 11.1 Å². The van der Waals surface area contributed by atoms with Gasteiger partial charge in [-0.15, -0.1) is 0 Å². The maximum atomic E-state index is 8.83. The Morgan fingerprint density at radius 2 is 2.10 bits per heavy atom. The summed E-state index contributed by atoms with van der Waals surface area (Å²) < 4.78 is 10.9. The van der Waals surface area contributed by atoms with Crippen LogP contribution in [0.3, 0.4) is 0 Å². The summed E-state index contributed by atoms with van der Waals surface area (Å²) in [6.07, 6.45) is 0. The molecular weight excluding hydrogens is 292 g/mol. The highest BCUT2D eigenvalue weighted by Crippen LogP contribution is 2.28. The van der Waals surface area contributed by atoms with Gasteiger partial charge in [0.25, 0.3) is 0 Å². The average molecular weight is 307 g/mol. The third kappa shape index (κ3) is 3.87. The maximum absolute atomic E-state index is 8.83. The molecule has 0 spiro atoms. The summed E-state index contributed by atoms with van der Waals surface area (Å²) in [5.74, 6) is 1.00. The topological polar surface area (TPSA) is 77.1 Å². The minimum atomic E-state index is -0.0689. The summed E-state index contributed by atoms with van der Waals surface area (Å²) in [6.45, 7) is 0.491. The van der Waals surface area contributed by atoms with Crippen molar-refractivity contribution >= 4 is 17.4 Å². The molecule has 0 bridgehead atoms. The molecular formula is C15H15ClN2O3. The van der Waals surface area contributed by atoms with Gasteiger partial charge in [0.05, 0.1) is 12.2 Å². The molecule has 5 nitrogen and oxygen atoms in total. The Morgan fingerprint density at radius 3 is 2.81 bits per heavy atom. The molecule has 0 saturated heterocycles. The second-order valence-corrected chi connectivity index (χ2v) is 4.74. The first-order valence-electron chi connectivity index (χ1n) is 6.17. The van der Waals surface area contributed by atoms with Gasteiger partial charge in [-0.3, -0.25) is 0 Å². The van der Waals surface area contributed by atoms with E-state index in [-0.39, 0.29) is 5.84 Å². The third-order valence-electron chi connectivity index (χ3n) is 2.76. The molecule has 21 heavy (non-hydrogen) atoms. The van der Waals surface area contributed by atoms with E-state index in [2.05, 4.69) is 5.16 Å². The maximum Gasteiger partial charge on any atom is 0.173 e. The number of hydrogen-bond donors (Lipinski definition) is 2. The lowest BCUT2D eigenvalue weighted by Crippen LogP contribution is -2.14. The smallest absolute Gasteiger partial charge is 0.173 e. The molecule has 0 unspecified atom stereocenters. The first-order valence-corrected chi connectivity index (χ1v) is 6.55. The van der Waals surface area contributed by atoms with Crippen LogP contribution in [0.15, 0.2) is 47.6 Å². The van der Waals surface area contributed by atoms with Crippen molar-refractivity contribution in [3.63, 3.8) is 0 Å². The highest BCUT2D eigenvalue weighted by atomic mass is 35.5. The van der Waals surface area contributed by atoms with Crippen LogP contribution in [-0.2, 0) is 11.3 Å². The highest BCUT2D eigenvalue weighted by molar-refractivity contribution is 6.31. The van der Waals surface area contributed by atoms with Gasteiger partial charge in [0.15, 0.2) is 5.84 Å². The van der Waals surface area contributed by atoms with Gasteiger partial charge >= 0.3 is 0 Å². The van der Waals surface area contributed by atoms with E-state index in [0.717, 1.165) is 5.56 Å². The van der Waals surface area contributed by atoms with Crippen LogP contribution in [-0.4, -0.2) is 18.2 Å². The SMILES string of the molecule is COCc1cccc(Oc2ccc(Cl)cc2C(N)=NO)c1. The van der Waals surface area contributed by atoms with Crippen molar-refractivity contribution in [1.29, 1.82) is 0 Å². The van der Waals surface area contributed by atoms with Gasteiger partial charge in [-0.2, -0.15) is 0 Å². The molecule has 2 rings (SSSR count). The zero-order valence-electron chi connectivity index (χ0n) is 11.4. The number of nitrogens with zero attached hydrogens (tertiary/aromatic N) is 1. The predicted molar refractivity (Wildman–Crippen MR) is 81.2 cm³/mol. The van der Waals surface area contributed by atoms with Crippen LogP contribution >= 0.6 is 11.6 Å². The third-order valence-corrected chi connectivity index (χ3v) is 3.00. The molecule has 6 heteroatoms. The minimum absolute atomic E-state index is 0.0689. The average Bonchev–Trinajstić information content (AvgIpc) is 2.49. The molecule has 0 aliphatic rings. The number of rotatable bonds is 5.